The summed E-state index contributed by atoms with van der Waals surface area (Å²) in [7, 11) is 3.92. The van der Waals surface area contributed by atoms with E-state index in [1.54, 1.807) is 0 Å². The molecular formula is C15H21N3O. The first-order chi connectivity index (χ1) is 9.17. The zero-order chi connectivity index (χ0) is 13.8. The quantitative estimate of drug-likeness (QED) is 0.896. The van der Waals surface area contributed by atoms with E-state index < -0.39 is 0 Å². The highest BCUT2D eigenvalue weighted by atomic mass is 16.5. The highest BCUT2D eigenvalue weighted by Gasteiger charge is 2.19. The van der Waals surface area contributed by atoms with Crippen LogP contribution in [0.15, 0.2) is 30.3 Å². The lowest BCUT2D eigenvalue weighted by Crippen LogP contribution is -2.21. The summed E-state index contributed by atoms with van der Waals surface area (Å²) in [6.45, 7) is 4.67. The standard InChI is InChI=1S/C15H21N3O/c1-5-19-14-9-7-6-8-12(14)15(16-3)13-10-11(2)17-18(13)4/h6-10,15-16H,5H2,1-4H3. The summed E-state index contributed by atoms with van der Waals surface area (Å²) in [4.78, 5) is 0. The number of para-hydroxylation sites is 1. The van der Waals surface area contributed by atoms with Gasteiger partial charge in [-0.15, -0.1) is 0 Å². The molecular weight excluding hydrogens is 238 g/mol. The Morgan fingerprint density at radius 2 is 2.11 bits per heavy atom. The number of hydrogen-bond acceptors (Lipinski definition) is 3. The number of aryl methyl sites for hydroxylation is 2. The summed E-state index contributed by atoms with van der Waals surface area (Å²) in [6.07, 6.45) is 0. The third-order valence-electron chi connectivity index (χ3n) is 3.15. The fourth-order valence-electron chi connectivity index (χ4n) is 2.37. The van der Waals surface area contributed by atoms with Crippen LogP contribution in [0, 0.1) is 6.92 Å². The first-order valence-corrected chi connectivity index (χ1v) is 6.57. The third-order valence-corrected chi connectivity index (χ3v) is 3.15. The minimum absolute atomic E-state index is 0.0777. The van der Waals surface area contributed by atoms with Crippen LogP contribution in [0.4, 0.5) is 0 Å². The summed E-state index contributed by atoms with van der Waals surface area (Å²) >= 11 is 0. The lowest BCUT2D eigenvalue weighted by atomic mass is 10.0. The molecule has 1 heterocycles. The highest BCUT2D eigenvalue weighted by molar-refractivity contribution is 5.40. The SMILES string of the molecule is CCOc1ccccc1C(NC)c1cc(C)nn1C. The minimum atomic E-state index is 0.0777. The average molecular weight is 259 g/mol. The van der Waals surface area contributed by atoms with E-state index in [1.165, 1.54) is 0 Å². The van der Waals surface area contributed by atoms with Crippen LogP contribution in [-0.4, -0.2) is 23.4 Å². The normalized spacial score (nSPS) is 12.4. The summed E-state index contributed by atoms with van der Waals surface area (Å²) in [6, 6.07) is 10.3. The van der Waals surface area contributed by atoms with Gasteiger partial charge in [0.15, 0.2) is 0 Å². The number of nitrogens with zero attached hydrogens (tertiary/aromatic N) is 2. The molecule has 2 aromatic rings. The first-order valence-electron chi connectivity index (χ1n) is 6.57. The number of hydrogen-bond donors (Lipinski definition) is 1. The molecule has 0 aliphatic rings. The van der Waals surface area contributed by atoms with Crippen molar-refractivity contribution in [1.29, 1.82) is 0 Å². The van der Waals surface area contributed by atoms with Gasteiger partial charge in [-0.25, -0.2) is 0 Å². The maximum Gasteiger partial charge on any atom is 0.124 e. The van der Waals surface area contributed by atoms with Gasteiger partial charge in [0.2, 0.25) is 0 Å². The molecule has 0 radical (unpaired) electrons. The van der Waals surface area contributed by atoms with Crippen molar-refractivity contribution in [3.63, 3.8) is 0 Å². The molecule has 1 unspecified atom stereocenters. The average Bonchev–Trinajstić information content (AvgIpc) is 2.72. The number of rotatable bonds is 5. The van der Waals surface area contributed by atoms with Crippen LogP contribution in [-0.2, 0) is 7.05 Å². The van der Waals surface area contributed by atoms with E-state index in [-0.39, 0.29) is 6.04 Å². The first kappa shape index (κ1) is 13.6. The molecule has 1 aromatic heterocycles. The van der Waals surface area contributed by atoms with E-state index in [0.717, 1.165) is 22.7 Å². The van der Waals surface area contributed by atoms with Gasteiger partial charge in [0.1, 0.15) is 5.75 Å². The Labute approximate surface area is 114 Å². The van der Waals surface area contributed by atoms with Crippen molar-refractivity contribution in [1.82, 2.24) is 15.1 Å². The maximum absolute atomic E-state index is 5.72. The van der Waals surface area contributed by atoms with Crippen molar-refractivity contribution >= 4 is 0 Å². The molecule has 4 nitrogen and oxygen atoms in total. The summed E-state index contributed by atoms with van der Waals surface area (Å²) < 4.78 is 7.63. The van der Waals surface area contributed by atoms with Crippen molar-refractivity contribution in [2.24, 2.45) is 7.05 Å². The van der Waals surface area contributed by atoms with Crippen LogP contribution in [0.3, 0.4) is 0 Å². The van der Waals surface area contributed by atoms with E-state index in [1.807, 2.05) is 50.8 Å². The summed E-state index contributed by atoms with van der Waals surface area (Å²) in [5, 5.41) is 7.76. The van der Waals surface area contributed by atoms with E-state index in [0.29, 0.717) is 6.61 Å². The Hall–Kier alpha value is -1.81. The van der Waals surface area contributed by atoms with E-state index in [2.05, 4.69) is 22.5 Å². The van der Waals surface area contributed by atoms with Crippen LogP contribution in [0.1, 0.15) is 29.9 Å². The van der Waals surface area contributed by atoms with E-state index >= 15 is 0 Å². The molecule has 1 N–H and O–H groups in total. The molecule has 102 valence electrons. The largest absolute Gasteiger partial charge is 0.494 e. The summed E-state index contributed by atoms with van der Waals surface area (Å²) in [5.41, 5.74) is 3.29. The molecule has 0 aliphatic heterocycles. The van der Waals surface area contributed by atoms with Gasteiger partial charge in [-0.2, -0.15) is 5.10 Å². The van der Waals surface area contributed by atoms with Gasteiger partial charge in [0.25, 0.3) is 0 Å². The fourth-order valence-corrected chi connectivity index (χ4v) is 2.37. The van der Waals surface area contributed by atoms with Crippen molar-refractivity contribution in [3.05, 3.63) is 47.3 Å². The molecule has 1 atom stereocenters. The molecule has 19 heavy (non-hydrogen) atoms. The molecule has 0 saturated heterocycles. The Bertz CT molecular complexity index is 548. The van der Waals surface area contributed by atoms with Crippen LogP contribution >= 0.6 is 0 Å². The van der Waals surface area contributed by atoms with Gasteiger partial charge in [-0.3, -0.25) is 4.68 Å². The van der Waals surface area contributed by atoms with Crippen LogP contribution < -0.4 is 10.1 Å². The molecule has 0 fully saturated rings. The second-order valence-electron chi connectivity index (χ2n) is 4.53. The third kappa shape index (κ3) is 2.79. The lowest BCUT2D eigenvalue weighted by molar-refractivity contribution is 0.333. The minimum Gasteiger partial charge on any atom is -0.494 e. The predicted octanol–water partition coefficient (Wildman–Crippen LogP) is 2.44. The van der Waals surface area contributed by atoms with Crippen LogP contribution in [0.2, 0.25) is 0 Å². The van der Waals surface area contributed by atoms with Gasteiger partial charge in [0, 0.05) is 12.6 Å². The molecule has 0 spiro atoms. The van der Waals surface area contributed by atoms with Gasteiger partial charge >= 0.3 is 0 Å². The monoisotopic (exact) mass is 259 g/mol. The fraction of sp³-hybridized carbons (Fsp3) is 0.400. The van der Waals surface area contributed by atoms with Crippen molar-refractivity contribution in [2.45, 2.75) is 19.9 Å². The number of ether oxygens (including phenoxy) is 1. The Kier molecular flexibility index (Phi) is 4.22. The molecule has 2 rings (SSSR count). The Morgan fingerprint density at radius 3 is 2.68 bits per heavy atom. The topological polar surface area (TPSA) is 39.1 Å². The van der Waals surface area contributed by atoms with Crippen LogP contribution in [0.5, 0.6) is 5.75 Å². The second-order valence-corrected chi connectivity index (χ2v) is 4.53. The molecule has 4 heteroatoms. The van der Waals surface area contributed by atoms with Crippen LogP contribution in [0.25, 0.3) is 0 Å². The van der Waals surface area contributed by atoms with Gasteiger partial charge in [-0.05, 0) is 33.0 Å². The zero-order valence-corrected chi connectivity index (χ0v) is 12.0. The van der Waals surface area contributed by atoms with Crippen molar-refractivity contribution in [3.8, 4) is 5.75 Å². The Morgan fingerprint density at radius 1 is 1.37 bits per heavy atom. The molecule has 0 bridgehead atoms. The van der Waals surface area contributed by atoms with Gasteiger partial charge < -0.3 is 10.1 Å². The smallest absolute Gasteiger partial charge is 0.124 e. The van der Waals surface area contributed by atoms with Gasteiger partial charge in [-0.1, -0.05) is 18.2 Å². The second kappa shape index (κ2) is 5.89. The molecule has 0 aliphatic carbocycles. The van der Waals surface area contributed by atoms with Crippen molar-refractivity contribution < 1.29 is 4.74 Å². The predicted molar refractivity (Wildman–Crippen MR) is 76.5 cm³/mol. The maximum atomic E-state index is 5.72. The summed E-state index contributed by atoms with van der Waals surface area (Å²) in [5.74, 6) is 0.920. The molecule has 1 aromatic carbocycles. The number of benzene rings is 1. The van der Waals surface area contributed by atoms with Crippen molar-refractivity contribution in [2.75, 3.05) is 13.7 Å². The number of nitrogens with one attached hydrogen (secondary N) is 1. The molecule has 0 saturated carbocycles. The lowest BCUT2D eigenvalue weighted by Gasteiger charge is -2.20. The van der Waals surface area contributed by atoms with Gasteiger partial charge in [0.05, 0.1) is 24.0 Å². The number of aromatic nitrogens is 2. The van der Waals surface area contributed by atoms with E-state index in [9.17, 15) is 0 Å². The highest BCUT2D eigenvalue weighted by Crippen LogP contribution is 2.29. The van der Waals surface area contributed by atoms with E-state index in [4.69, 9.17) is 4.74 Å². The zero-order valence-electron chi connectivity index (χ0n) is 12.0. The Balaban J connectivity index is 2.45. The molecule has 0 amide bonds.